The molecule has 0 radical (unpaired) electrons. The van der Waals surface area contributed by atoms with Crippen molar-refractivity contribution in [3.8, 4) is 0 Å². The standard InChI is InChI=1S/C12H12BrClN2S/c13-12-6-9(7-17-12)11(16-15)5-8-1-3-10(14)4-2-8/h1-4,6-7,11,16H,5,15H2. The molecule has 0 amide bonds. The number of thiophene rings is 1. The van der Waals surface area contributed by atoms with Crippen molar-refractivity contribution in [2.75, 3.05) is 0 Å². The Morgan fingerprint density at radius 1 is 1.35 bits per heavy atom. The molecule has 90 valence electrons. The summed E-state index contributed by atoms with van der Waals surface area (Å²) in [6.07, 6.45) is 0.844. The van der Waals surface area contributed by atoms with Gasteiger partial charge >= 0.3 is 0 Å². The van der Waals surface area contributed by atoms with Gasteiger partial charge < -0.3 is 0 Å². The smallest absolute Gasteiger partial charge is 0.0701 e. The summed E-state index contributed by atoms with van der Waals surface area (Å²) in [6, 6.07) is 10.0. The maximum Gasteiger partial charge on any atom is 0.0701 e. The van der Waals surface area contributed by atoms with E-state index < -0.39 is 0 Å². The van der Waals surface area contributed by atoms with E-state index in [1.54, 1.807) is 11.3 Å². The minimum atomic E-state index is 0.124. The lowest BCUT2D eigenvalue weighted by molar-refractivity contribution is 0.553. The van der Waals surface area contributed by atoms with E-state index in [4.69, 9.17) is 17.4 Å². The number of hydrogen-bond acceptors (Lipinski definition) is 3. The van der Waals surface area contributed by atoms with Crippen molar-refractivity contribution in [1.29, 1.82) is 0 Å². The second-order valence-corrected chi connectivity index (χ2v) is 6.46. The molecule has 1 unspecified atom stereocenters. The predicted octanol–water partition coefficient (Wildman–Crippen LogP) is 3.91. The maximum atomic E-state index is 5.86. The van der Waals surface area contributed by atoms with Crippen molar-refractivity contribution in [2.45, 2.75) is 12.5 Å². The monoisotopic (exact) mass is 330 g/mol. The fraction of sp³-hybridized carbons (Fsp3) is 0.167. The lowest BCUT2D eigenvalue weighted by atomic mass is 10.0. The van der Waals surface area contributed by atoms with Crippen LogP contribution in [0.25, 0.3) is 0 Å². The summed E-state index contributed by atoms with van der Waals surface area (Å²) in [5.41, 5.74) is 5.25. The van der Waals surface area contributed by atoms with Gasteiger partial charge in [-0.15, -0.1) is 11.3 Å². The van der Waals surface area contributed by atoms with E-state index in [9.17, 15) is 0 Å². The number of halogens is 2. The van der Waals surface area contributed by atoms with Gasteiger partial charge in [0.1, 0.15) is 0 Å². The molecular formula is C12H12BrClN2S. The second-order valence-electron chi connectivity index (χ2n) is 3.73. The summed E-state index contributed by atoms with van der Waals surface area (Å²) in [7, 11) is 0. The van der Waals surface area contributed by atoms with Crippen molar-refractivity contribution in [3.05, 3.63) is 55.6 Å². The molecule has 0 saturated heterocycles. The van der Waals surface area contributed by atoms with Crippen LogP contribution in [0.4, 0.5) is 0 Å². The molecule has 2 aromatic rings. The van der Waals surface area contributed by atoms with Crippen LogP contribution >= 0.6 is 38.9 Å². The van der Waals surface area contributed by atoms with E-state index in [2.05, 4.69) is 32.8 Å². The molecule has 2 rings (SSSR count). The Balaban J connectivity index is 2.12. The number of benzene rings is 1. The van der Waals surface area contributed by atoms with Gasteiger partial charge in [0.2, 0.25) is 0 Å². The number of hydrogen-bond donors (Lipinski definition) is 2. The van der Waals surface area contributed by atoms with E-state index in [0.29, 0.717) is 0 Å². The van der Waals surface area contributed by atoms with Crippen LogP contribution in [0.15, 0.2) is 39.5 Å². The van der Waals surface area contributed by atoms with Crippen LogP contribution in [-0.4, -0.2) is 0 Å². The minimum Gasteiger partial charge on any atom is -0.271 e. The van der Waals surface area contributed by atoms with Crippen LogP contribution < -0.4 is 11.3 Å². The molecule has 1 aromatic carbocycles. The van der Waals surface area contributed by atoms with Gasteiger partial charge in [-0.25, -0.2) is 0 Å². The number of rotatable bonds is 4. The summed E-state index contributed by atoms with van der Waals surface area (Å²) in [5.74, 6) is 5.61. The van der Waals surface area contributed by atoms with Crippen LogP contribution in [0.2, 0.25) is 5.02 Å². The molecule has 0 saturated carbocycles. The summed E-state index contributed by atoms with van der Waals surface area (Å²) in [5, 5.41) is 2.86. The molecule has 2 nitrogen and oxygen atoms in total. The molecule has 0 fully saturated rings. The topological polar surface area (TPSA) is 38.0 Å². The average Bonchev–Trinajstić information content (AvgIpc) is 2.75. The quantitative estimate of drug-likeness (QED) is 0.658. The zero-order chi connectivity index (χ0) is 12.3. The lowest BCUT2D eigenvalue weighted by Gasteiger charge is -2.14. The van der Waals surface area contributed by atoms with Crippen molar-refractivity contribution in [3.63, 3.8) is 0 Å². The molecule has 0 aliphatic rings. The van der Waals surface area contributed by atoms with Crippen molar-refractivity contribution in [2.24, 2.45) is 5.84 Å². The van der Waals surface area contributed by atoms with E-state index in [1.807, 2.05) is 24.3 Å². The number of hydrazine groups is 1. The van der Waals surface area contributed by atoms with E-state index in [0.717, 1.165) is 15.2 Å². The normalized spacial score (nSPS) is 12.6. The fourth-order valence-electron chi connectivity index (χ4n) is 1.64. The first kappa shape index (κ1) is 13.1. The van der Waals surface area contributed by atoms with E-state index in [1.165, 1.54) is 11.1 Å². The SMILES string of the molecule is NNC(Cc1ccc(Cl)cc1)c1csc(Br)c1. The Morgan fingerprint density at radius 2 is 2.06 bits per heavy atom. The Kier molecular flexibility index (Phi) is 4.59. The highest BCUT2D eigenvalue weighted by Crippen LogP contribution is 2.27. The highest BCUT2D eigenvalue weighted by Gasteiger charge is 2.12. The van der Waals surface area contributed by atoms with E-state index in [-0.39, 0.29) is 6.04 Å². The summed E-state index contributed by atoms with van der Waals surface area (Å²) in [6.45, 7) is 0. The second kappa shape index (κ2) is 5.98. The number of nitrogens with two attached hydrogens (primary N) is 1. The van der Waals surface area contributed by atoms with Gasteiger partial charge in [0.15, 0.2) is 0 Å². The van der Waals surface area contributed by atoms with Gasteiger partial charge in [0, 0.05) is 5.02 Å². The third-order valence-electron chi connectivity index (χ3n) is 2.54. The molecule has 1 aromatic heterocycles. The van der Waals surface area contributed by atoms with Crippen molar-refractivity contribution >= 4 is 38.9 Å². The average molecular weight is 332 g/mol. The third kappa shape index (κ3) is 3.53. The Bertz CT molecular complexity index is 484. The van der Waals surface area contributed by atoms with Crippen LogP contribution in [0.1, 0.15) is 17.2 Å². The van der Waals surface area contributed by atoms with Gasteiger partial charge in [-0.1, -0.05) is 23.7 Å². The zero-order valence-electron chi connectivity index (χ0n) is 8.99. The summed E-state index contributed by atoms with van der Waals surface area (Å²) >= 11 is 11.0. The molecule has 0 aliphatic heterocycles. The predicted molar refractivity (Wildman–Crippen MR) is 77.2 cm³/mol. The molecule has 0 bridgehead atoms. The zero-order valence-corrected chi connectivity index (χ0v) is 12.1. The van der Waals surface area contributed by atoms with Crippen LogP contribution in [0.3, 0.4) is 0 Å². The van der Waals surface area contributed by atoms with Crippen LogP contribution in [-0.2, 0) is 6.42 Å². The first-order valence-electron chi connectivity index (χ1n) is 5.13. The molecule has 17 heavy (non-hydrogen) atoms. The van der Waals surface area contributed by atoms with Gasteiger partial charge in [-0.3, -0.25) is 11.3 Å². The Labute approximate surface area is 118 Å². The highest BCUT2D eigenvalue weighted by atomic mass is 79.9. The molecule has 3 N–H and O–H groups in total. The molecule has 5 heteroatoms. The van der Waals surface area contributed by atoms with Crippen LogP contribution in [0.5, 0.6) is 0 Å². The molecule has 1 heterocycles. The van der Waals surface area contributed by atoms with Gasteiger partial charge in [-0.05, 0) is 57.1 Å². The van der Waals surface area contributed by atoms with E-state index >= 15 is 0 Å². The van der Waals surface area contributed by atoms with Gasteiger partial charge in [0.05, 0.1) is 9.83 Å². The first-order valence-corrected chi connectivity index (χ1v) is 7.18. The molecule has 0 spiro atoms. The first-order chi connectivity index (χ1) is 8.19. The molecule has 1 atom stereocenters. The fourth-order valence-corrected chi connectivity index (χ4v) is 2.99. The summed E-state index contributed by atoms with van der Waals surface area (Å²) in [4.78, 5) is 0. The number of nitrogens with one attached hydrogen (secondary N) is 1. The van der Waals surface area contributed by atoms with Crippen molar-refractivity contribution < 1.29 is 0 Å². The summed E-state index contributed by atoms with van der Waals surface area (Å²) < 4.78 is 1.11. The minimum absolute atomic E-state index is 0.124. The largest absolute Gasteiger partial charge is 0.271 e. The Hall–Kier alpha value is -0.390. The molecule has 0 aliphatic carbocycles. The third-order valence-corrected chi connectivity index (χ3v) is 4.32. The van der Waals surface area contributed by atoms with Crippen LogP contribution in [0, 0.1) is 0 Å². The molecular weight excluding hydrogens is 320 g/mol. The van der Waals surface area contributed by atoms with Crippen molar-refractivity contribution in [1.82, 2.24) is 5.43 Å². The van der Waals surface area contributed by atoms with Gasteiger partial charge in [0.25, 0.3) is 0 Å². The lowest BCUT2D eigenvalue weighted by Crippen LogP contribution is -2.29. The van der Waals surface area contributed by atoms with Gasteiger partial charge in [-0.2, -0.15) is 0 Å². The highest BCUT2D eigenvalue weighted by molar-refractivity contribution is 9.11. The maximum absolute atomic E-state index is 5.86. The Morgan fingerprint density at radius 3 is 2.59 bits per heavy atom.